The van der Waals surface area contributed by atoms with E-state index in [0.717, 1.165) is 12.1 Å². The zero-order chi connectivity index (χ0) is 21.7. The monoisotopic (exact) mass is 451 g/mol. The van der Waals surface area contributed by atoms with Crippen LogP contribution in [0.4, 0.5) is 11.4 Å². The molecule has 1 heterocycles. The molecule has 7 nitrogen and oxygen atoms in total. The molecule has 0 spiro atoms. The van der Waals surface area contributed by atoms with E-state index in [9.17, 15) is 9.59 Å². The van der Waals surface area contributed by atoms with Gasteiger partial charge in [0.25, 0.3) is 5.91 Å². The molecule has 0 atom stereocenters. The standard InChI is InChI=1S/C21H23Cl2N3O4/c1-3-8-30-20-16(23)9-13(10-18(20)29-2)21(28)25-14-4-5-17(15(22)11-14)26-7-6-24-19(27)12-26/h4-5,9-11H,3,6-8,12H2,1-2H3,(H,24,27)(H,25,28). The zero-order valence-corrected chi connectivity index (χ0v) is 18.3. The molecule has 1 aliphatic rings. The van der Waals surface area contributed by atoms with E-state index in [1.807, 2.05) is 11.8 Å². The summed E-state index contributed by atoms with van der Waals surface area (Å²) in [7, 11) is 1.49. The van der Waals surface area contributed by atoms with Crippen molar-refractivity contribution in [3.8, 4) is 11.5 Å². The number of benzene rings is 2. The van der Waals surface area contributed by atoms with E-state index in [1.54, 1.807) is 24.3 Å². The number of methoxy groups -OCH3 is 1. The zero-order valence-electron chi connectivity index (χ0n) is 16.8. The van der Waals surface area contributed by atoms with E-state index >= 15 is 0 Å². The molecule has 3 rings (SSSR count). The number of rotatable bonds is 7. The first-order valence-electron chi connectivity index (χ1n) is 9.55. The van der Waals surface area contributed by atoms with Gasteiger partial charge in [-0.1, -0.05) is 30.1 Å². The summed E-state index contributed by atoms with van der Waals surface area (Å²) in [5.74, 6) is 0.388. The maximum atomic E-state index is 12.7. The van der Waals surface area contributed by atoms with Crippen LogP contribution in [0, 0.1) is 0 Å². The summed E-state index contributed by atoms with van der Waals surface area (Å²) in [6.45, 7) is 3.95. The lowest BCUT2D eigenvalue weighted by atomic mass is 10.1. The predicted octanol–water partition coefficient (Wildman–Crippen LogP) is 3.98. The number of halogens is 2. The second kappa shape index (κ2) is 9.91. The normalized spacial score (nSPS) is 13.6. The Labute approximate surface area is 185 Å². The topological polar surface area (TPSA) is 79.9 Å². The SMILES string of the molecule is CCCOc1c(Cl)cc(C(=O)Nc2ccc(N3CCNC(=O)C3)c(Cl)c2)cc1OC. The fourth-order valence-electron chi connectivity index (χ4n) is 3.08. The van der Waals surface area contributed by atoms with Crippen molar-refractivity contribution in [2.45, 2.75) is 13.3 Å². The van der Waals surface area contributed by atoms with E-state index in [-0.39, 0.29) is 18.4 Å². The van der Waals surface area contributed by atoms with Crippen LogP contribution in [0.25, 0.3) is 0 Å². The van der Waals surface area contributed by atoms with Gasteiger partial charge in [0, 0.05) is 24.3 Å². The molecule has 2 aromatic carbocycles. The van der Waals surface area contributed by atoms with Gasteiger partial charge >= 0.3 is 0 Å². The average Bonchev–Trinajstić information content (AvgIpc) is 2.72. The lowest BCUT2D eigenvalue weighted by Crippen LogP contribution is -2.47. The molecule has 0 radical (unpaired) electrons. The smallest absolute Gasteiger partial charge is 0.255 e. The molecule has 30 heavy (non-hydrogen) atoms. The molecule has 9 heteroatoms. The summed E-state index contributed by atoms with van der Waals surface area (Å²) in [6, 6.07) is 8.29. The number of nitrogens with zero attached hydrogens (tertiary/aromatic N) is 1. The first kappa shape index (κ1) is 22.1. The number of carbonyl (C=O) groups excluding carboxylic acids is 2. The summed E-state index contributed by atoms with van der Waals surface area (Å²) < 4.78 is 10.9. The molecule has 2 aromatic rings. The largest absolute Gasteiger partial charge is 0.493 e. The van der Waals surface area contributed by atoms with Crippen LogP contribution in [0.3, 0.4) is 0 Å². The van der Waals surface area contributed by atoms with Gasteiger partial charge in [-0.3, -0.25) is 9.59 Å². The molecule has 0 aromatic heterocycles. The molecule has 2 N–H and O–H groups in total. The molecule has 0 bridgehead atoms. The summed E-state index contributed by atoms with van der Waals surface area (Å²) in [5.41, 5.74) is 1.59. The summed E-state index contributed by atoms with van der Waals surface area (Å²) >= 11 is 12.7. The number of anilines is 2. The highest BCUT2D eigenvalue weighted by Crippen LogP contribution is 2.37. The van der Waals surface area contributed by atoms with Gasteiger partial charge in [0.05, 0.1) is 36.0 Å². The highest BCUT2D eigenvalue weighted by atomic mass is 35.5. The summed E-state index contributed by atoms with van der Waals surface area (Å²) in [4.78, 5) is 26.2. The van der Waals surface area contributed by atoms with Crippen LogP contribution in [0.15, 0.2) is 30.3 Å². The molecule has 0 unspecified atom stereocenters. The first-order chi connectivity index (χ1) is 14.4. The highest BCUT2D eigenvalue weighted by Gasteiger charge is 2.20. The molecular weight excluding hydrogens is 429 g/mol. The van der Waals surface area contributed by atoms with Gasteiger partial charge in [-0.2, -0.15) is 0 Å². The van der Waals surface area contributed by atoms with Crippen LogP contribution < -0.4 is 25.0 Å². The number of hydrogen-bond donors (Lipinski definition) is 2. The Morgan fingerprint density at radius 1 is 1.23 bits per heavy atom. The number of hydrogen-bond acceptors (Lipinski definition) is 5. The van der Waals surface area contributed by atoms with Gasteiger partial charge in [-0.15, -0.1) is 0 Å². The van der Waals surface area contributed by atoms with Crippen molar-refractivity contribution < 1.29 is 19.1 Å². The van der Waals surface area contributed by atoms with Crippen LogP contribution in [0.1, 0.15) is 23.7 Å². The third-order valence-corrected chi connectivity index (χ3v) is 5.11. The number of amides is 2. The lowest BCUT2D eigenvalue weighted by Gasteiger charge is -2.29. The average molecular weight is 452 g/mol. The van der Waals surface area contributed by atoms with Crippen molar-refractivity contribution in [1.29, 1.82) is 0 Å². The van der Waals surface area contributed by atoms with Crippen molar-refractivity contribution in [3.05, 3.63) is 45.9 Å². The van der Waals surface area contributed by atoms with Gasteiger partial charge < -0.3 is 25.0 Å². The second-order valence-corrected chi connectivity index (χ2v) is 7.54. The van der Waals surface area contributed by atoms with Gasteiger partial charge in [-0.05, 0) is 36.8 Å². The third kappa shape index (κ3) is 5.09. The van der Waals surface area contributed by atoms with Crippen molar-refractivity contribution >= 4 is 46.4 Å². The minimum atomic E-state index is -0.363. The Morgan fingerprint density at radius 3 is 2.70 bits per heavy atom. The first-order valence-corrected chi connectivity index (χ1v) is 10.3. The minimum absolute atomic E-state index is 0.0492. The predicted molar refractivity (Wildman–Crippen MR) is 118 cm³/mol. The van der Waals surface area contributed by atoms with Crippen molar-refractivity contribution in [1.82, 2.24) is 5.32 Å². The number of ether oxygens (including phenoxy) is 2. The molecular formula is C21H23Cl2N3O4. The van der Waals surface area contributed by atoms with E-state index in [4.69, 9.17) is 32.7 Å². The van der Waals surface area contributed by atoms with E-state index in [0.29, 0.717) is 52.5 Å². The molecule has 1 fully saturated rings. The Hall–Kier alpha value is -2.64. The van der Waals surface area contributed by atoms with Crippen molar-refractivity contribution in [2.75, 3.05) is 43.6 Å². The Balaban J connectivity index is 1.76. The van der Waals surface area contributed by atoms with Crippen LogP contribution in [0.2, 0.25) is 10.0 Å². The van der Waals surface area contributed by atoms with Crippen LogP contribution in [0.5, 0.6) is 11.5 Å². The molecule has 0 saturated carbocycles. The van der Waals surface area contributed by atoms with E-state index < -0.39 is 0 Å². The van der Waals surface area contributed by atoms with Crippen molar-refractivity contribution in [3.63, 3.8) is 0 Å². The maximum Gasteiger partial charge on any atom is 0.255 e. The highest BCUT2D eigenvalue weighted by molar-refractivity contribution is 6.34. The quantitative estimate of drug-likeness (QED) is 0.665. The molecule has 2 amide bonds. The number of nitrogens with one attached hydrogen (secondary N) is 2. The molecule has 1 aliphatic heterocycles. The third-order valence-electron chi connectivity index (χ3n) is 4.53. The number of carbonyl (C=O) groups is 2. The van der Waals surface area contributed by atoms with Gasteiger partial charge in [0.1, 0.15) is 0 Å². The summed E-state index contributed by atoms with van der Waals surface area (Å²) in [5, 5.41) is 6.32. The fourth-order valence-corrected chi connectivity index (χ4v) is 3.65. The fraction of sp³-hybridized carbons (Fsp3) is 0.333. The Bertz CT molecular complexity index is 952. The number of piperazine rings is 1. The van der Waals surface area contributed by atoms with Gasteiger partial charge in [0.2, 0.25) is 5.91 Å². The van der Waals surface area contributed by atoms with E-state index in [1.165, 1.54) is 13.2 Å². The Morgan fingerprint density at radius 2 is 2.03 bits per heavy atom. The van der Waals surface area contributed by atoms with Gasteiger partial charge in [-0.25, -0.2) is 0 Å². The molecule has 0 aliphatic carbocycles. The molecule has 160 valence electrons. The summed E-state index contributed by atoms with van der Waals surface area (Å²) in [6.07, 6.45) is 0.820. The molecule has 1 saturated heterocycles. The Kier molecular flexibility index (Phi) is 7.29. The van der Waals surface area contributed by atoms with E-state index in [2.05, 4.69) is 10.6 Å². The lowest BCUT2D eigenvalue weighted by molar-refractivity contribution is -0.120. The maximum absolute atomic E-state index is 12.7. The van der Waals surface area contributed by atoms with Crippen molar-refractivity contribution in [2.24, 2.45) is 0 Å². The van der Waals surface area contributed by atoms with Crippen LogP contribution in [-0.4, -0.2) is 45.2 Å². The van der Waals surface area contributed by atoms with Crippen LogP contribution in [-0.2, 0) is 4.79 Å². The van der Waals surface area contributed by atoms with Gasteiger partial charge in [0.15, 0.2) is 11.5 Å². The second-order valence-electron chi connectivity index (χ2n) is 6.73. The van der Waals surface area contributed by atoms with Crippen LogP contribution >= 0.6 is 23.2 Å². The minimum Gasteiger partial charge on any atom is -0.493 e.